The highest BCUT2D eigenvalue weighted by atomic mass is 32.2. The van der Waals surface area contributed by atoms with Crippen LogP contribution < -0.4 is 19.7 Å². The van der Waals surface area contributed by atoms with Crippen molar-refractivity contribution < 1.29 is 17.9 Å². The molecule has 0 heterocycles. The van der Waals surface area contributed by atoms with E-state index >= 15 is 0 Å². The van der Waals surface area contributed by atoms with E-state index in [4.69, 9.17) is 9.47 Å². The standard InChI is InChI=1S/C26H32N2O4S/c1-19(2)18-26(21-8-12-23(31-4)13-9-21,22-10-14-24(32-5)15-11-22)27-28-33(29,30)25-16-6-20(3)7-17-25/h6-17,19,27-28H,18H2,1-5H3. The van der Waals surface area contributed by atoms with Crippen molar-refractivity contribution in [2.24, 2.45) is 5.92 Å². The fourth-order valence-electron chi connectivity index (χ4n) is 3.89. The second-order valence-corrected chi connectivity index (χ2v) is 10.2. The van der Waals surface area contributed by atoms with Crippen molar-refractivity contribution in [2.45, 2.75) is 37.6 Å². The van der Waals surface area contributed by atoms with E-state index in [0.717, 1.165) is 28.2 Å². The van der Waals surface area contributed by atoms with Gasteiger partial charge in [-0.15, -0.1) is 4.83 Å². The van der Waals surface area contributed by atoms with Gasteiger partial charge in [0, 0.05) is 0 Å². The molecule has 3 aromatic carbocycles. The van der Waals surface area contributed by atoms with E-state index in [2.05, 4.69) is 24.1 Å². The number of nitrogens with one attached hydrogen (secondary N) is 2. The quantitative estimate of drug-likeness (QED) is 0.419. The van der Waals surface area contributed by atoms with Gasteiger partial charge in [-0.05, 0) is 66.8 Å². The highest BCUT2D eigenvalue weighted by Gasteiger charge is 2.36. The van der Waals surface area contributed by atoms with Crippen LogP contribution in [0.15, 0.2) is 77.7 Å². The molecule has 3 aromatic rings. The van der Waals surface area contributed by atoms with Gasteiger partial charge in [-0.2, -0.15) is 0 Å². The zero-order chi connectivity index (χ0) is 24.1. The van der Waals surface area contributed by atoms with Crippen LogP contribution in [0.5, 0.6) is 11.5 Å². The molecule has 0 unspecified atom stereocenters. The van der Waals surface area contributed by atoms with Crippen LogP contribution in [0.25, 0.3) is 0 Å². The number of hydrazine groups is 1. The Bertz CT molecular complexity index is 1090. The molecule has 33 heavy (non-hydrogen) atoms. The molecule has 6 nitrogen and oxygen atoms in total. The fourth-order valence-corrected chi connectivity index (χ4v) is 4.81. The van der Waals surface area contributed by atoms with Crippen molar-refractivity contribution in [3.8, 4) is 11.5 Å². The largest absolute Gasteiger partial charge is 0.497 e. The molecule has 0 aliphatic carbocycles. The minimum absolute atomic E-state index is 0.198. The average Bonchev–Trinajstić information content (AvgIpc) is 2.82. The first-order valence-corrected chi connectivity index (χ1v) is 12.3. The molecule has 0 aliphatic rings. The molecule has 0 saturated carbocycles. The van der Waals surface area contributed by atoms with Crippen molar-refractivity contribution in [1.29, 1.82) is 0 Å². The third kappa shape index (κ3) is 5.74. The SMILES string of the molecule is COc1ccc(C(CC(C)C)(NNS(=O)(=O)c2ccc(C)cc2)c2ccc(OC)cc2)cc1. The number of aryl methyl sites for hydroxylation is 1. The van der Waals surface area contributed by atoms with Crippen LogP contribution in [0.4, 0.5) is 0 Å². The number of rotatable bonds is 10. The zero-order valence-electron chi connectivity index (χ0n) is 19.8. The van der Waals surface area contributed by atoms with Gasteiger partial charge in [0.05, 0.1) is 24.7 Å². The monoisotopic (exact) mass is 468 g/mol. The van der Waals surface area contributed by atoms with Gasteiger partial charge in [0.1, 0.15) is 11.5 Å². The van der Waals surface area contributed by atoms with Crippen LogP contribution in [0.1, 0.15) is 37.0 Å². The highest BCUT2D eigenvalue weighted by molar-refractivity contribution is 7.89. The van der Waals surface area contributed by atoms with Crippen molar-refractivity contribution in [3.05, 3.63) is 89.5 Å². The Morgan fingerprint density at radius 1 is 0.788 bits per heavy atom. The smallest absolute Gasteiger partial charge is 0.253 e. The summed E-state index contributed by atoms with van der Waals surface area (Å²) in [5, 5.41) is 0. The van der Waals surface area contributed by atoms with E-state index in [0.29, 0.717) is 6.42 Å². The van der Waals surface area contributed by atoms with Gasteiger partial charge in [0.2, 0.25) is 0 Å². The fraction of sp³-hybridized carbons (Fsp3) is 0.308. The molecule has 7 heteroatoms. The third-order valence-electron chi connectivity index (χ3n) is 5.61. The first-order valence-electron chi connectivity index (χ1n) is 10.8. The molecular weight excluding hydrogens is 436 g/mol. The van der Waals surface area contributed by atoms with Crippen LogP contribution in [-0.2, 0) is 15.6 Å². The predicted octanol–water partition coefficient (Wildman–Crippen LogP) is 4.79. The topological polar surface area (TPSA) is 76.7 Å². The number of methoxy groups -OCH3 is 2. The number of ether oxygens (including phenoxy) is 2. The second kappa shape index (κ2) is 10.4. The summed E-state index contributed by atoms with van der Waals surface area (Å²) < 4.78 is 36.9. The van der Waals surface area contributed by atoms with Crippen LogP contribution in [0.3, 0.4) is 0 Å². The Balaban J connectivity index is 2.09. The summed E-state index contributed by atoms with van der Waals surface area (Å²) >= 11 is 0. The van der Waals surface area contributed by atoms with E-state index < -0.39 is 15.6 Å². The maximum atomic E-state index is 13.1. The number of hydrogen-bond acceptors (Lipinski definition) is 5. The van der Waals surface area contributed by atoms with Gasteiger partial charge in [0.15, 0.2) is 0 Å². The minimum atomic E-state index is -3.80. The normalized spacial score (nSPS) is 12.1. The summed E-state index contributed by atoms with van der Waals surface area (Å²) in [4.78, 5) is 2.85. The lowest BCUT2D eigenvalue weighted by atomic mass is 9.77. The third-order valence-corrected chi connectivity index (χ3v) is 6.87. The number of sulfonamides is 1. The van der Waals surface area contributed by atoms with Crippen molar-refractivity contribution >= 4 is 10.0 Å². The maximum Gasteiger partial charge on any atom is 0.253 e. The summed E-state index contributed by atoms with van der Waals surface area (Å²) in [6.45, 7) is 6.14. The van der Waals surface area contributed by atoms with E-state index in [1.807, 2.05) is 55.5 Å². The number of benzene rings is 3. The Morgan fingerprint density at radius 2 is 1.24 bits per heavy atom. The summed E-state index contributed by atoms with van der Waals surface area (Å²) in [5.74, 6) is 1.71. The maximum absolute atomic E-state index is 13.1. The molecule has 2 N–H and O–H groups in total. The van der Waals surface area contributed by atoms with Gasteiger partial charge in [-0.25, -0.2) is 13.8 Å². The van der Waals surface area contributed by atoms with Crippen molar-refractivity contribution in [2.75, 3.05) is 14.2 Å². The van der Waals surface area contributed by atoms with Crippen LogP contribution in [-0.4, -0.2) is 22.6 Å². The molecule has 0 amide bonds. The summed E-state index contributed by atoms with van der Waals surface area (Å²) in [5.41, 5.74) is 5.19. The summed E-state index contributed by atoms with van der Waals surface area (Å²) in [7, 11) is -0.560. The van der Waals surface area contributed by atoms with Crippen molar-refractivity contribution in [1.82, 2.24) is 10.3 Å². The Kier molecular flexibility index (Phi) is 7.79. The Hall–Kier alpha value is -2.87. The molecule has 0 aromatic heterocycles. The predicted molar refractivity (Wildman–Crippen MR) is 131 cm³/mol. The Morgan fingerprint density at radius 3 is 1.64 bits per heavy atom. The van der Waals surface area contributed by atoms with Gasteiger partial charge in [-0.1, -0.05) is 55.8 Å². The van der Waals surface area contributed by atoms with E-state index in [9.17, 15) is 8.42 Å². The van der Waals surface area contributed by atoms with E-state index in [-0.39, 0.29) is 10.8 Å². The van der Waals surface area contributed by atoms with Crippen LogP contribution >= 0.6 is 0 Å². The summed E-state index contributed by atoms with van der Waals surface area (Å²) in [6, 6.07) is 22.1. The van der Waals surface area contributed by atoms with E-state index in [1.165, 1.54) is 0 Å². The molecule has 0 aliphatic heterocycles. The first-order chi connectivity index (χ1) is 15.7. The highest BCUT2D eigenvalue weighted by Crippen LogP contribution is 2.37. The Labute approximate surface area is 197 Å². The van der Waals surface area contributed by atoms with Gasteiger partial charge < -0.3 is 9.47 Å². The molecule has 0 atom stereocenters. The summed E-state index contributed by atoms with van der Waals surface area (Å²) in [6.07, 6.45) is 0.641. The molecule has 0 radical (unpaired) electrons. The lowest BCUT2D eigenvalue weighted by Gasteiger charge is -2.38. The molecule has 176 valence electrons. The van der Waals surface area contributed by atoms with Gasteiger partial charge in [-0.3, -0.25) is 0 Å². The van der Waals surface area contributed by atoms with Crippen molar-refractivity contribution in [3.63, 3.8) is 0 Å². The average molecular weight is 469 g/mol. The molecule has 3 rings (SSSR count). The molecule has 0 fully saturated rings. The zero-order valence-corrected chi connectivity index (χ0v) is 20.6. The van der Waals surface area contributed by atoms with Crippen LogP contribution in [0, 0.1) is 12.8 Å². The van der Waals surface area contributed by atoms with Crippen LogP contribution in [0.2, 0.25) is 0 Å². The van der Waals surface area contributed by atoms with E-state index in [1.54, 1.807) is 38.5 Å². The lowest BCUT2D eigenvalue weighted by molar-refractivity contribution is 0.310. The molecule has 0 bridgehead atoms. The molecule has 0 spiro atoms. The van der Waals surface area contributed by atoms with Gasteiger partial charge >= 0.3 is 0 Å². The molecular formula is C26H32N2O4S. The number of hydrogen-bond donors (Lipinski definition) is 2. The minimum Gasteiger partial charge on any atom is -0.497 e. The second-order valence-electron chi connectivity index (χ2n) is 8.50. The molecule has 0 saturated heterocycles. The lowest BCUT2D eigenvalue weighted by Crippen LogP contribution is -2.53. The van der Waals surface area contributed by atoms with Gasteiger partial charge in [0.25, 0.3) is 10.0 Å². The first kappa shape index (κ1) is 24.8.